The molecule has 0 N–H and O–H groups in total. The Morgan fingerprint density at radius 2 is 1.85 bits per heavy atom. The molecule has 0 aliphatic heterocycles. The van der Waals surface area contributed by atoms with Crippen molar-refractivity contribution in [3.05, 3.63) is 47.0 Å². The van der Waals surface area contributed by atoms with Gasteiger partial charge in [0.2, 0.25) is 0 Å². The molecule has 2 heteroatoms. The van der Waals surface area contributed by atoms with Gasteiger partial charge in [-0.3, -0.25) is 0 Å². The summed E-state index contributed by atoms with van der Waals surface area (Å²) in [5.74, 6) is 0.359. The second kappa shape index (κ2) is 8.57. The molecule has 1 aromatic carbocycles. The Bertz CT molecular complexity index is 439. The Morgan fingerprint density at radius 3 is 2.45 bits per heavy atom. The van der Waals surface area contributed by atoms with Gasteiger partial charge >= 0.3 is 5.97 Å². The van der Waals surface area contributed by atoms with Gasteiger partial charge in [-0.1, -0.05) is 36.3 Å². The number of allylic oxidation sites excluding steroid dienone is 2. The van der Waals surface area contributed by atoms with Crippen LogP contribution in [0.4, 0.5) is 0 Å². The van der Waals surface area contributed by atoms with Crippen LogP contribution in [0.25, 0.3) is 0 Å². The number of aryl methyl sites for hydroxylation is 1. The van der Waals surface area contributed by atoms with Crippen LogP contribution in [0, 0.1) is 12.8 Å². The topological polar surface area (TPSA) is 26.3 Å². The molecule has 0 saturated carbocycles. The maximum atomic E-state index is 11.8. The molecule has 1 aromatic rings. The second-order valence-electron chi connectivity index (χ2n) is 5.75. The van der Waals surface area contributed by atoms with Gasteiger partial charge in [0, 0.05) is 0 Å². The number of hydrogen-bond acceptors (Lipinski definition) is 2. The number of carbonyl (C=O) groups excluding carboxylic acids is 1. The molecule has 1 unspecified atom stereocenters. The minimum atomic E-state index is -0.221. The van der Waals surface area contributed by atoms with Gasteiger partial charge in [0.25, 0.3) is 0 Å². The van der Waals surface area contributed by atoms with E-state index in [1.165, 1.54) is 5.57 Å². The Kier molecular flexibility index (Phi) is 7.06. The fourth-order valence-electron chi connectivity index (χ4n) is 1.93. The quantitative estimate of drug-likeness (QED) is 0.521. The summed E-state index contributed by atoms with van der Waals surface area (Å²) in [4.78, 5) is 11.8. The highest BCUT2D eigenvalue weighted by atomic mass is 16.5. The Labute approximate surface area is 122 Å². The molecule has 0 aliphatic rings. The lowest BCUT2D eigenvalue weighted by molar-refractivity contribution is 0.0484. The van der Waals surface area contributed by atoms with E-state index in [-0.39, 0.29) is 5.97 Å². The van der Waals surface area contributed by atoms with Crippen molar-refractivity contribution in [2.75, 3.05) is 6.61 Å². The van der Waals surface area contributed by atoms with Crippen molar-refractivity contribution in [1.29, 1.82) is 0 Å². The average molecular weight is 274 g/mol. The standard InChI is InChI=1S/C18H26O2/c1-14(2)6-5-7-15(3)12-13-20-18(19)17-10-8-16(4)9-11-17/h6,8-11,15H,5,7,12-13H2,1-4H3. The first-order valence-corrected chi connectivity index (χ1v) is 7.36. The lowest BCUT2D eigenvalue weighted by Crippen LogP contribution is -2.09. The van der Waals surface area contributed by atoms with E-state index in [0.717, 1.165) is 24.8 Å². The first-order chi connectivity index (χ1) is 9.49. The zero-order chi connectivity index (χ0) is 15.0. The van der Waals surface area contributed by atoms with Gasteiger partial charge < -0.3 is 4.74 Å². The molecule has 110 valence electrons. The molecule has 0 aliphatic carbocycles. The van der Waals surface area contributed by atoms with Crippen LogP contribution in [0.1, 0.15) is 56.0 Å². The molecule has 2 nitrogen and oxygen atoms in total. The van der Waals surface area contributed by atoms with E-state index in [2.05, 4.69) is 26.8 Å². The van der Waals surface area contributed by atoms with Gasteiger partial charge in [-0.25, -0.2) is 4.79 Å². The van der Waals surface area contributed by atoms with Gasteiger partial charge in [-0.05, 0) is 58.1 Å². The van der Waals surface area contributed by atoms with Crippen molar-refractivity contribution in [3.8, 4) is 0 Å². The van der Waals surface area contributed by atoms with Crippen molar-refractivity contribution in [3.63, 3.8) is 0 Å². The number of carbonyl (C=O) groups is 1. The summed E-state index contributed by atoms with van der Waals surface area (Å²) in [5, 5.41) is 0. The normalized spacial score (nSPS) is 11.8. The van der Waals surface area contributed by atoms with Crippen LogP contribution in [0.15, 0.2) is 35.9 Å². The number of ether oxygens (including phenoxy) is 1. The summed E-state index contributed by atoms with van der Waals surface area (Å²) in [5.41, 5.74) is 3.14. The molecule has 0 bridgehead atoms. The van der Waals surface area contributed by atoms with Crippen molar-refractivity contribution in [1.82, 2.24) is 0 Å². The highest BCUT2D eigenvalue weighted by Gasteiger charge is 2.08. The molecule has 1 rings (SSSR count). The van der Waals surface area contributed by atoms with E-state index < -0.39 is 0 Å². The average Bonchev–Trinajstić information content (AvgIpc) is 2.39. The number of hydrogen-bond donors (Lipinski definition) is 0. The summed E-state index contributed by atoms with van der Waals surface area (Å²) in [6, 6.07) is 7.49. The van der Waals surface area contributed by atoms with E-state index >= 15 is 0 Å². The van der Waals surface area contributed by atoms with Crippen molar-refractivity contribution in [2.24, 2.45) is 5.92 Å². The summed E-state index contributed by atoms with van der Waals surface area (Å²) >= 11 is 0. The van der Waals surface area contributed by atoms with Crippen LogP contribution in [-0.2, 0) is 4.74 Å². The van der Waals surface area contributed by atoms with Crippen molar-refractivity contribution in [2.45, 2.75) is 47.0 Å². The lowest BCUT2D eigenvalue weighted by atomic mass is 10.0. The highest BCUT2D eigenvalue weighted by Crippen LogP contribution is 2.12. The lowest BCUT2D eigenvalue weighted by Gasteiger charge is -2.10. The van der Waals surface area contributed by atoms with E-state index in [9.17, 15) is 4.79 Å². The van der Waals surface area contributed by atoms with Crippen LogP contribution >= 0.6 is 0 Å². The van der Waals surface area contributed by atoms with E-state index in [4.69, 9.17) is 4.74 Å². The minimum Gasteiger partial charge on any atom is -0.462 e. The molecule has 0 radical (unpaired) electrons. The van der Waals surface area contributed by atoms with Gasteiger partial charge in [0.05, 0.1) is 12.2 Å². The highest BCUT2D eigenvalue weighted by molar-refractivity contribution is 5.89. The van der Waals surface area contributed by atoms with Gasteiger partial charge in [0.15, 0.2) is 0 Å². The third-order valence-electron chi connectivity index (χ3n) is 3.34. The maximum Gasteiger partial charge on any atom is 0.338 e. The third kappa shape index (κ3) is 6.55. The number of esters is 1. The van der Waals surface area contributed by atoms with Gasteiger partial charge in [0.1, 0.15) is 0 Å². The Hall–Kier alpha value is -1.57. The molecule has 0 amide bonds. The molecule has 0 fully saturated rings. The Balaban J connectivity index is 2.24. The van der Waals surface area contributed by atoms with E-state index in [1.807, 2.05) is 31.2 Å². The molecular formula is C18H26O2. The smallest absolute Gasteiger partial charge is 0.338 e. The number of rotatable bonds is 7. The van der Waals surface area contributed by atoms with Crippen LogP contribution in [0.3, 0.4) is 0 Å². The fourth-order valence-corrected chi connectivity index (χ4v) is 1.93. The first-order valence-electron chi connectivity index (χ1n) is 7.36. The van der Waals surface area contributed by atoms with Crippen LogP contribution in [-0.4, -0.2) is 12.6 Å². The summed E-state index contributed by atoms with van der Waals surface area (Å²) in [7, 11) is 0. The largest absolute Gasteiger partial charge is 0.462 e. The van der Waals surface area contributed by atoms with Crippen LogP contribution in [0.2, 0.25) is 0 Å². The summed E-state index contributed by atoms with van der Waals surface area (Å²) in [6.45, 7) is 8.95. The molecule has 0 saturated heterocycles. The van der Waals surface area contributed by atoms with E-state index in [1.54, 1.807) is 0 Å². The molecule has 0 heterocycles. The zero-order valence-electron chi connectivity index (χ0n) is 13.1. The molecule has 20 heavy (non-hydrogen) atoms. The SMILES string of the molecule is CC(C)=CCCC(C)CCOC(=O)c1ccc(C)cc1. The van der Waals surface area contributed by atoms with Crippen LogP contribution < -0.4 is 0 Å². The summed E-state index contributed by atoms with van der Waals surface area (Å²) < 4.78 is 5.31. The van der Waals surface area contributed by atoms with Crippen LogP contribution in [0.5, 0.6) is 0 Å². The molecule has 1 atom stereocenters. The predicted octanol–water partition coefficient (Wildman–Crippen LogP) is 4.92. The van der Waals surface area contributed by atoms with Crippen molar-refractivity contribution < 1.29 is 9.53 Å². The zero-order valence-corrected chi connectivity index (χ0v) is 13.1. The van der Waals surface area contributed by atoms with Gasteiger partial charge in [-0.15, -0.1) is 0 Å². The number of benzene rings is 1. The van der Waals surface area contributed by atoms with E-state index in [0.29, 0.717) is 18.1 Å². The monoisotopic (exact) mass is 274 g/mol. The molecular weight excluding hydrogens is 248 g/mol. The molecule has 0 spiro atoms. The maximum absolute atomic E-state index is 11.8. The summed E-state index contributed by atoms with van der Waals surface area (Å²) in [6.07, 6.45) is 5.44. The first kappa shape index (κ1) is 16.5. The predicted molar refractivity (Wildman–Crippen MR) is 83.9 cm³/mol. The van der Waals surface area contributed by atoms with Gasteiger partial charge in [-0.2, -0.15) is 0 Å². The molecule has 0 aromatic heterocycles. The fraction of sp³-hybridized carbons (Fsp3) is 0.500. The minimum absolute atomic E-state index is 0.221. The Morgan fingerprint density at radius 1 is 1.20 bits per heavy atom. The van der Waals surface area contributed by atoms with Crippen molar-refractivity contribution >= 4 is 5.97 Å². The third-order valence-corrected chi connectivity index (χ3v) is 3.34. The second-order valence-corrected chi connectivity index (χ2v) is 5.75.